The molecule has 0 radical (unpaired) electrons. The van der Waals surface area contributed by atoms with Gasteiger partial charge in [0.05, 0.1) is 5.69 Å². The standard InChI is InChI=1S/C16H19FN4O.ClH/c17-12-4-6-13(7-5-12)21-9-8-15(20-21)16(22)19-14-3-1-2-11(14)10-18;/h4-9,11,14H,1-3,10,18H2,(H,19,22);1H. The zero-order valence-corrected chi connectivity index (χ0v) is 13.4. The average molecular weight is 339 g/mol. The highest BCUT2D eigenvalue weighted by molar-refractivity contribution is 5.92. The van der Waals surface area contributed by atoms with Gasteiger partial charge in [0.15, 0.2) is 5.69 Å². The number of rotatable bonds is 4. The fraction of sp³-hybridized carbons (Fsp3) is 0.375. The van der Waals surface area contributed by atoms with E-state index in [9.17, 15) is 9.18 Å². The normalized spacial score (nSPS) is 20.1. The Morgan fingerprint density at radius 3 is 2.74 bits per heavy atom. The van der Waals surface area contributed by atoms with Gasteiger partial charge in [-0.05, 0) is 55.6 Å². The molecule has 0 spiro atoms. The van der Waals surface area contributed by atoms with E-state index < -0.39 is 0 Å². The Balaban J connectivity index is 0.00000192. The van der Waals surface area contributed by atoms with Crippen molar-refractivity contribution in [2.24, 2.45) is 11.7 Å². The van der Waals surface area contributed by atoms with Gasteiger partial charge in [-0.1, -0.05) is 6.42 Å². The highest BCUT2D eigenvalue weighted by Crippen LogP contribution is 2.24. The van der Waals surface area contributed by atoms with Crippen molar-refractivity contribution >= 4 is 18.3 Å². The maximum atomic E-state index is 12.9. The molecular formula is C16H20ClFN4O. The number of aromatic nitrogens is 2. The lowest BCUT2D eigenvalue weighted by molar-refractivity contribution is 0.0923. The van der Waals surface area contributed by atoms with E-state index in [-0.39, 0.29) is 30.2 Å². The smallest absolute Gasteiger partial charge is 0.272 e. The summed E-state index contributed by atoms with van der Waals surface area (Å²) in [5, 5.41) is 7.27. The second-order valence-corrected chi connectivity index (χ2v) is 5.63. The molecule has 0 aliphatic heterocycles. The molecule has 1 saturated carbocycles. The molecule has 2 unspecified atom stereocenters. The largest absolute Gasteiger partial charge is 0.348 e. The molecule has 3 N–H and O–H groups in total. The van der Waals surface area contributed by atoms with Crippen LogP contribution in [0.15, 0.2) is 36.5 Å². The van der Waals surface area contributed by atoms with Crippen molar-refractivity contribution < 1.29 is 9.18 Å². The summed E-state index contributed by atoms with van der Waals surface area (Å²) in [6, 6.07) is 7.75. The van der Waals surface area contributed by atoms with Crippen LogP contribution in [0, 0.1) is 11.7 Å². The van der Waals surface area contributed by atoms with E-state index in [0.717, 1.165) is 19.3 Å². The van der Waals surface area contributed by atoms with Gasteiger partial charge in [-0.3, -0.25) is 4.79 Å². The first kappa shape index (κ1) is 17.4. The first-order chi connectivity index (χ1) is 10.7. The van der Waals surface area contributed by atoms with Gasteiger partial charge >= 0.3 is 0 Å². The van der Waals surface area contributed by atoms with Crippen LogP contribution in [0.3, 0.4) is 0 Å². The molecule has 2 aromatic rings. The maximum absolute atomic E-state index is 12.9. The summed E-state index contributed by atoms with van der Waals surface area (Å²) in [5.41, 5.74) is 6.79. The van der Waals surface area contributed by atoms with Crippen molar-refractivity contribution in [2.75, 3.05) is 6.54 Å². The molecular weight excluding hydrogens is 319 g/mol. The van der Waals surface area contributed by atoms with Crippen LogP contribution < -0.4 is 11.1 Å². The van der Waals surface area contributed by atoms with E-state index in [4.69, 9.17) is 5.73 Å². The Kier molecular flexibility index (Phi) is 5.74. The van der Waals surface area contributed by atoms with Crippen LogP contribution in [0.5, 0.6) is 0 Å². The summed E-state index contributed by atoms with van der Waals surface area (Å²) in [5.74, 6) is -0.141. The summed E-state index contributed by atoms with van der Waals surface area (Å²) in [6.07, 6.45) is 4.81. The fourth-order valence-electron chi connectivity index (χ4n) is 2.93. The zero-order valence-electron chi connectivity index (χ0n) is 12.6. The van der Waals surface area contributed by atoms with Gasteiger partial charge in [-0.2, -0.15) is 5.10 Å². The second kappa shape index (κ2) is 7.57. The summed E-state index contributed by atoms with van der Waals surface area (Å²) >= 11 is 0. The molecule has 1 aliphatic rings. The lowest BCUT2D eigenvalue weighted by atomic mass is 10.0. The third kappa shape index (κ3) is 3.89. The molecule has 1 heterocycles. The molecule has 1 aromatic carbocycles. The minimum Gasteiger partial charge on any atom is -0.348 e. The number of amides is 1. The number of halogens is 2. The van der Waals surface area contributed by atoms with Crippen molar-refractivity contribution in [3.8, 4) is 5.69 Å². The van der Waals surface area contributed by atoms with E-state index in [1.54, 1.807) is 29.1 Å². The minimum atomic E-state index is -0.303. The minimum absolute atomic E-state index is 0. The number of hydrogen-bond acceptors (Lipinski definition) is 3. The van der Waals surface area contributed by atoms with E-state index >= 15 is 0 Å². The van der Waals surface area contributed by atoms with Gasteiger partial charge in [0.25, 0.3) is 5.91 Å². The average Bonchev–Trinajstić information content (AvgIpc) is 3.16. The topological polar surface area (TPSA) is 72.9 Å². The Hall–Kier alpha value is -1.92. The van der Waals surface area contributed by atoms with Gasteiger partial charge in [0, 0.05) is 12.2 Å². The molecule has 3 rings (SSSR count). The third-order valence-corrected chi connectivity index (χ3v) is 4.19. The van der Waals surface area contributed by atoms with Gasteiger partial charge in [0.2, 0.25) is 0 Å². The molecule has 0 saturated heterocycles. The van der Waals surface area contributed by atoms with E-state index in [0.29, 0.717) is 23.8 Å². The molecule has 0 bridgehead atoms. The summed E-state index contributed by atoms with van der Waals surface area (Å²) < 4.78 is 14.5. The molecule has 23 heavy (non-hydrogen) atoms. The molecule has 5 nitrogen and oxygen atoms in total. The Morgan fingerprint density at radius 1 is 1.30 bits per heavy atom. The molecule has 2 atom stereocenters. The van der Waals surface area contributed by atoms with Crippen molar-refractivity contribution in [3.63, 3.8) is 0 Å². The predicted octanol–water partition coefficient (Wildman–Crippen LogP) is 2.29. The molecule has 1 aliphatic carbocycles. The van der Waals surface area contributed by atoms with Crippen molar-refractivity contribution in [2.45, 2.75) is 25.3 Å². The van der Waals surface area contributed by atoms with Gasteiger partial charge in [-0.15, -0.1) is 12.4 Å². The first-order valence-electron chi connectivity index (χ1n) is 7.50. The van der Waals surface area contributed by atoms with E-state index in [1.807, 2.05) is 0 Å². The molecule has 7 heteroatoms. The van der Waals surface area contributed by atoms with Crippen molar-refractivity contribution in [3.05, 3.63) is 48.0 Å². The van der Waals surface area contributed by atoms with Crippen molar-refractivity contribution in [1.29, 1.82) is 0 Å². The summed E-state index contributed by atoms with van der Waals surface area (Å²) in [6.45, 7) is 0.592. The van der Waals surface area contributed by atoms with Gasteiger partial charge in [0.1, 0.15) is 5.82 Å². The lowest BCUT2D eigenvalue weighted by Gasteiger charge is -2.18. The Morgan fingerprint density at radius 2 is 2.04 bits per heavy atom. The monoisotopic (exact) mass is 338 g/mol. The highest BCUT2D eigenvalue weighted by Gasteiger charge is 2.28. The number of nitrogens with one attached hydrogen (secondary N) is 1. The second-order valence-electron chi connectivity index (χ2n) is 5.63. The van der Waals surface area contributed by atoms with Crippen LogP contribution in [0.2, 0.25) is 0 Å². The number of benzene rings is 1. The number of nitrogens with two attached hydrogens (primary N) is 1. The Labute approximate surface area is 140 Å². The summed E-state index contributed by atoms with van der Waals surface area (Å²) in [7, 11) is 0. The van der Waals surface area contributed by atoms with E-state index in [1.165, 1.54) is 12.1 Å². The predicted molar refractivity (Wildman–Crippen MR) is 88.4 cm³/mol. The van der Waals surface area contributed by atoms with Crippen LogP contribution in [-0.4, -0.2) is 28.3 Å². The number of carbonyl (C=O) groups excluding carboxylic acids is 1. The maximum Gasteiger partial charge on any atom is 0.272 e. The molecule has 1 aromatic heterocycles. The van der Waals surface area contributed by atoms with E-state index in [2.05, 4.69) is 10.4 Å². The van der Waals surface area contributed by atoms with Gasteiger partial charge < -0.3 is 11.1 Å². The lowest BCUT2D eigenvalue weighted by Crippen LogP contribution is -2.40. The van der Waals surface area contributed by atoms with Crippen LogP contribution >= 0.6 is 12.4 Å². The molecule has 1 amide bonds. The SMILES string of the molecule is Cl.NCC1CCCC1NC(=O)c1ccn(-c2ccc(F)cc2)n1. The van der Waals surface area contributed by atoms with Crippen LogP contribution in [0.1, 0.15) is 29.8 Å². The number of hydrogen-bond donors (Lipinski definition) is 2. The fourth-order valence-corrected chi connectivity index (χ4v) is 2.93. The van der Waals surface area contributed by atoms with Crippen LogP contribution in [0.25, 0.3) is 5.69 Å². The Bertz CT molecular complexity index is 658. The molecule has 124 valence electrons. The highest BCUT2D eigenvalue weighted by atomic mass is 35.5. The van der Waals surface area contributed by atoms with Gasteiger partial charge in [-0.25, -0.2) is 9.07 Å². The number of carbonyl (C=O) groups is 1. The van der Waals surface area contributed by atoms with Crippen LogP contribution in [-0.2, 0) is 0 Å². The molecule has 1 fully saturated rings. The number of nitrogens with zero attached hydrogens (tertiary/aromatic N) is 2. The zero-order chi connectivity index (χ0) is 15.5. The summed E-state index contributed by atoms with van der Waals surface area (Å²) in [4.78, 5) is 12.3. The van der Waals surface area contributed by atoms with Crippen molar-refractivity contribution in [1.82, 2.24) is 15.1 Å². The third-order valence-electron chi connectivity index (χ3n) is 4.19. The quantitative estimate of drug-likeness (QED) is 0.898. The van der Waals surface area contributed by atoms with Crippen LogP contribution in [0.4, 0.5) is 4.39 Å². The first-order valence-corrected chi connectivity index (χ1v) is 7.50.